The summed E-state index contributed by atoms with van der Waals surface area (Å²) >= 11 is 0. The maximum absolute atomic E-state index is 13.2. The number of hydrogen-bond donors (Lipinski definition) is 0. The first-order chi connectivity index (χ1) is 17.2. The number of piperazine rings is 1. The third-order valence-electron chi connectivity index (χ3n) is 6.51. The second-order valence-corrected chi connectivity index (χ2v) is 8.89. The van der Waals surface area contributed by atoms with Crippen LogP contribution in [-0.4, -0.2) is 44.1 Å². The van der Waals surface area contributed by atoms with Crippen LogP contribution in [-0.2, 0) is 12.8 Å². The Hall–Kier alpha value is -3.68. The summed E-state index contributed by atoms with van der Waals surface area (Å²) in [5, 5.41) is 0. The number of anilines is 1. The molecule has 3 aromatic rings. The predicted molar refractivity (Wildman–Crippen MR) is 133 cm³/mol. The molecule has 1 heterocycles. The second kappa shape index (κ2) is 10.5. The van der Waals surface area contributed by atoms with Crippen LogP contribution in [0.15, 0.2) is 60.7 Å². The zero-order chi connectivity index (χ0) is 25.9. The van der Waals surface area contributed by atoms with Crippen LogP contribution in [0, 0.1) is 13.8 Å². The summed E-state index contributed by atoms with van der Waals surface area (Å²) in [7, 11) is 1.57. The largest absolute Gasteiger partial charge is 0.496 e. The van der Waals surface area contributed by atoms with E-state index >= 15 is 0 Å². The van der Waals surface area contributed by atoms with Crippen molar-refractivity contribution in [3.05, 3.63) is 88.5 Å². The number of methoxy groups -OCH3 is 1. The number of amides is 1. The highest BCUT2D eigenvalue weighted by Crippen LogP contribution is 2.32. The fourth-order valence-electron chi connectivity index (χ4n) is 4.22. The van der Waals surface area contributed by atoms with Gasteiger partial charge < -0.3 is 19.3 Å². The zero-order valence-electron chi connectivity index (χ0n) is 20.6. The second-order valence-electron chi connectivity index (χ2n) is 8.89. The average Bonchev–Trinajstić information content (AvgIpc) is 2.88. The summed E-state index contributed by atoms with van der Waals surface area (Å²) in [6.45, 7) is 6.03. The highest BCUT2D eigenvalue weighted by Gasteiger charge is 2.31. The predicted octanol–water partition coefficient (Wildman–Crippen LogP) is 5.87. The van der Waals surface area contributed by atoms with E-state index in [0.29, 0.717) is 43.2 Å². The van der Waals surface area contributed by atoms with Gasteiger partial charge in [-0.05, 0) is 73.5 Å². The topological polar surface area (TPSA) is 42.0 Å². The number of carbonyl (C=O) groups is 1. The lowest BCUT2D eigenvalue weighted by atomic mass is 10.1. The molecule has 0 spiro atoms. The summed E-state index contributed by atoms with van der Waals surface area (Å²) in [4.78, 5) is 16.8. The van der Waals surface area contributed by atoms with E-state index in [4.69, 9.17) is 9.47 Å². The van der Waals surface area contributed by atoms with E-state index in [0.717, 1.165) is 29.0 Å². The highest BCUT2D eigenvalue weighted by molar-refractivity contribution is 5.94. The Balaban J connectivity index is 1.42. The van der Waals surface area contributed by atoms with Crippen molar-refractivity contribution in [2.75, 3.05) is 38.2 Å². The lowest BCUT2D eigenvalue weighted by Crippen LogP contribution is -2.48. The van der Waals surface area contributed by atoms with E-state index in [-0.39, 0.29) is 12.5 Å². The van der Waals surface area contributed by atoms with Crippen molar-refractivity contribution in [2.45, 2.75) is 26.6 Å². The van der Waals surface area contributed by atoms with Crippen molar-refractivity contribution >= 4 is 11.6 Å². The first-order valence-corrected chi connectivity index (χ1v) is 11.7. The van der Waals surface area contributed by atoms with Crippen LogP contribution in [0.4, 0.5) is 18.9 Å². The molecule has 0 saturated carbocycles. The third-order valence-corrected chi connectivity index (χ3v) is 6.51. The highest BCUT2D eigenvalue weighted by atomic mass is 19.4. The van der Waals surface area contributed by atoms with Crippen LogP contribution in [0.2, 0.25) is 0 Å². The van der Waals surface area contributed by atoms with Gasteiger partial charge in [0.05, 0.1) is 12.7 Å². The maximum Gasteiger partial charge on any atom is 0.416 e. The molecule has 1 fully saturated rings. The van der Waals surface area contributed by atoms with Crippen molar-refractivity contribution < 1.29 is 27.4 Å². The van der Waals surface area contributed by atoms with Crippen LogP contribution >= 0.6 is 0 Å². The third kappa shape index (κ3) is 5.75. The van der Waals surface area contributed by atoms with Gasteiger partial charge in [-0.3, -0.25) is 4.79 Å². The molecule has 0 N–H and O–H groups in total. The number of benzene rings is 3. The molecule has 1 aliphatic heterocycles. The molecule has 0 bridgehead atoms. The minimum atomic E-state index is -4.39. The van der Waals surface area contributed by atoms with Gasteiger partial charge >= 0.3 is 6.18 Å². The first kappa shape index (κ1) is 25.4. The molecule has 1 saturated heterocycles. The van der Waals surface area contributed by atoms with Gasteiger partial charge in [0.1, 0.15) is 18.1 Å². The molecular weight excluding hydrogens is 469 g/mol. The van der Waals surface area contributed by atoms with Gasteiger partial charge in [-0.15, -0.1) is 0 Å². The molecule has 0 unspecified atom stereocenters. The average molecular weight is 499 g/mol. The van der Waals surface area contributed by atoms with Gasteiger partial charge in [-0.1, -0.05) is 12.1 Å². The maximum atomic E-state index is 13.2. The Morgan fingerprint density at radius 2 is 1.67 bits per heavy atom. The Morgan fingerprint density at radius 3 is 2.33 bits per heavy atom. The number of nitrogens with zero attached hydrogens (tertiary/aromatic N) is 2. The van der Waals surface area contributed by atoms with Crippen molar-refractivity contribution in [1.82, 2.24) is 4.90 Å². The molecule has 0 atom stereocenters. The smallest absolute Gasteiger partial charge is 0.416 e. The summed E-state index contributed by atoms with van der Waals surface area (Å²) in [6.07, 6.45) is -4.39. The van der Waals surface area contributed by atoms with E-state index < -0.39 is 11.7 Å². The van der Waals surface area contributed by atoms with Gasteiger partial charge in [-0.2, -0.15) is 13.2 Å². The molecule has 3 aromatic carbocycles. The Labute approximate surface area is 209 Å². The van der Waals surface area contributed by atoms with E-state index in [1.54, 1.807) is 36.3 Å². The van der Waals surface area contributed by atoms with Gasteiger partial charge in [0.25, 0.3) is 5.91 Å². The summed E-state index contributed by atoms with van der Waals surface area (Å²) in [6, 6.07) is 16.4. The van der Waals surface area contributed by atoms with Gasteiger partial charge in [0.15, 0.2) is 0 Å². The summed E-state index contributed by atoms with van der Waals surface area (Å²) < 4.78 is 50.6. The molecule has 5 nitrogen and oxygen atoms in total. The Morgan fingerprint density at radius 1 is 0.917 bits per heavy atom. The molecule has 8 heteroatoms. The summed E-state index contributed by atoms with van der Waals surface area (Å²) in [5.41, 5.74) is 3.42. The van der Waals surface area contributed by atoms with Crippen LogP contribution in [0.5, 0.6) is 11.5 Å². The lowest BCUT2D eigenvalue weighted by molar-refractivity contribution is -0.137. The first-order valence-electron chi connectivity index (χ1n) is 11.7. The van der Waals surface area contributed by atoms with E-state index in [1.165, 1.54) is 11.6 Å². The van der Waals surface area contributed by atoms with Gasteiger partial charge in [0.2, 0.25) is 0 Å². The number of alkyl halides is 3. The Bertz CT molecular complexity index is 1230. The van der Waals surface area contributed by atoms with Crippen LogP contribution in [0.1, 0.15) is 32.6 Å². The quantitative estimate of drug-likeness (QED) is 0.426. The molecule has 1 amide bonds. The SMILES string of the molecule is COc1ccc(C(=O)N2CCN(c3cccc(C(F)(F)F)c3)CC2)cc1COc1ccc(C)c(C)c1. The molecule has 0 radical (unpaired) electrons. The van der Waals surface area contributed by atoms with Crippen LogP contribution in [0.25, 0.3) is 0 Å². The number of carbonyl (C=O) groups excluding carboxylic acids is 1. The zero-order valence-corrected chi connectivity index (χ0v) is 20.6. The molecule has 0 aromatic heterocycles. The molecule has 0 aliphatic carbocycles. The van der Waals surface area contributed by atoms with Gasteiger partial charge in [0, 0.05) is 43.0 Å². The molecule has 4 rings (SSSR count). The Kier molecular flexibility index (Phi) is 7.43. The van der Waals surface area contributed by atoms with Crippen molar-refractivity contribution in [1.29, 1.82) is 0 Å². The van der Waals surface area contributed by atoms with E-state index in [1.807, 2.05) is 36.9 Å². The number of halogens is 3. The molecule has 36 heavy (non-hydrogen) atoms. The summed E-state index contributed by atoms with van der Waals surface area (Å²) in [5.74, 6) is 1.24. The molecular formula is C28H29F3N2O3. The molecule has 190 valence electrons. The number of ether oxygens (including phenoxy) is 2. The van der Waals surface area contributed by atoms with Crippen molar-refractivity contribution in [3.63, 3.8) is 0 Å². The minimum absolute atomic E-state index is 0.131. The molecule has 1 aliphatic rings. The van der Waals surface area contributed by atoms with Crippen LogP contribution in [0.3, 0.4) is 0 Å². The standard InChI is InChI=1S/C28H29F3N2O3/c1-19-7-9-25(15-20(19)2)36-18-22-16-21(8-10-26(22)35-3)27(34)33-13-11-32(12-14-33)24-6-4-5-23(17-24)28(29,30)31/h4-10,15-17H,11-14,18H2,1-3H3. The normalized spacial score (nSPS) is 14.1. The number of rotatable bonds is 6. The van der Waals surface area contributed by atoms with E-state index in [9.17, 15) is 18.0 Å². The van der Waals surface area contributed by atoms with Gasteiger partial charge in [-0.25, -0.2) is 0 Å². The lowest BCUT2D eigenvalue weighted by Gasteiger charge is -2.36. The minimum Gasteiger partial charge on any atom is -0.496 e. The van der Waals surface area contributed by atoms with E-state index in [2.05, 4.69) is 0 Å². The number of hydrogen-bond acceptors (Lipinski definition) is 4. The fourth-order valence-corrected chi connectivity index (χ4v) is 4.22. The van der Waals surface area contributed by atoms with Crippen LogP contribution < -0.4 is 14.4 Å². The fraction of sp³-hybridized carbons (Fsp3) is 0.321. The number of aryl methyl sites for hydroxylation is 2. The van der Waals surface area contributed by atoms with Crippen molar-refractivity contribution in [2.24, 2.45) is 0 Å². The van der Waals surface area contributed by atoms with Crippen molar-refractivity contribution in [3.8, 4) is 11.5 Å². The monoisotopic (exact) mass is 498 g/mol.